The third-order valence-electron chi connectivity index (χ3n) is 5.82. The van der Waals surface area contributed by atoms with Crippen molar-refractivity contribution in [3.8, 4) is 0 Å². The van der Waals surface area contributed by atoms with Crippen molar-refractivity contribution < 1.29 is 0 Å². The fourth-order valence-corrected chi connectivity index (χ4v) is 4.77. The van der Waals surface area contributed by atoms with Crippen molar-refractivity contribution in [3.05, 3.63) is 87.0 Å². The average molecular weight is 369 g/mol. The summed E-state index contributed by atoms with van der Waals surface area (Å²) in [6.07, 6.45) is 0. The van der Waals surface area contributed by atoms with Crippen LogP contribution in [0, 0.1) is 55.4 Å². The highest BCUT2D eigenvalue weighted by molar-refractivity contribution is 6.89. The molecule has 1 nitrogen and oxygen atoms in total. The molecule has 0 atom stereocenters. The highest BCUT2D eigenvalue weighted by Crippen LogP contribution is 2.21. The van der Waals surface area contributed by atoms with Crippen LogP contribution in [0.1, 0.15) is 44.5 Å². The molecular weight excluding hydrogens is 337 g/mol. The lowest BCUT2D eigenvalue weighted by Gasteiger charge is -2.26. The first-order valence-electron chi connectivity index (χ1n) is 10.2. The minimum Gasteiger partial charge on any atom is -0.420 e. The van der Waals surface area contributed by atoms with E-state index in [1.165, 1.54) is 61.1 Å². The van der Waals surface area contributed by atoms with Crippen molar-refractivity contribution in [2.24, 2.45) is 0 Å². The zero-order valence-corrected chi connectivity index (χ0v) is 18.6. The van der Waals surface area contributed by atoms with Crippen LogP contribution in [0.3, 0.4) is 0 Å². The molecule has 0 saturated carbocycles. The quantitative estimate of drug-likeness (QED) is 0.610. The molecule has 0 aliphatic rings. The molecule has 0 radical (unpaired) electrons. The van der Waals surface area contributed by atoms with Gasteiger partial charge in [-0.15, -0.1) is 0 Å². The van der Waals surface area contributed by atoms with Gasteiger partial charge in [0.05, 0.1) is 0 Å². The SMILES string of the molecule is Cc1cc(C)c(B(Nc2c(C)cccc2C)c2c(C)cc(C)cc2C)c(C)c1. The Morgan fingerprint density at radius 1 is 0.536 bits per heavy atom. The highest BCUT2D eigenvalue weighted by atomic mass is 14.8. The van der Waals surface area contributed by atoms with E-state index in [1.807, 2.05) is 0 Å². The number of anilines is 1. The lowest BCUT2D eigenvalue weighted by Crippen LogP contribution is -2.53. The summed E-state index contributed by atoms with van der Waals surface area (Å²) in [5, 5.41) is 3.95. The van der Waals surface area contributed by atoms with Gasteiger partial charge >= 0.3 is 6.85 Å². The van der Waals surface area contributed by atoms with Gasteiger partial charge in [-0.3, -0.25) is 0 Å². The van der Waals surface area contributed by atoms with Crippen LogP contribution < -0.4 is 16.2 Å². The van der Waals surface area contributed by atoms with Crippen molar-refractivity contribution in [2.45, 2.75) is 55.4 Å². The van der Waals surface area contributed by atoms with Crippen LogP contribution in [0.2, 0.25) is 0 Å². The minimum atomic E-state index is 0.126. The average Bonchev–Trinajstić information content (AvgIpc) is 2.56. The molecule has 144 valence electrons. The Hall–Kier alpha value is -2.48. The number of benzene rings is 3. The van der Waals surface area contributed by atoms with E-state index in [2.05, 4.69) is 103 Å². The van der Waals surface area contributed by atoms with Gasteiger partial charge in [-0.25, -0.2) is 0 Å². The van der Waals surface area contributed by atoms with Gasteiger partial charge in [-0.2, -0.15) is 0 Å². The molecule has 2 heteroatoms. The normalized spacial score (nSPS) is 10.9. The van der Waals surface area contributed by atoms with Crippen LogP contribution in [0.15, 0.2) is 42.5 Å². The van der Waals surface area contributed by atoms with Crippen molar-refractivity contribution in [3.63, 3.8) is 0 Å². The van der Waals surface area contributed by atoms with Crippen LogP contribution in [0.25, 0.3) is 0 Å². The zero-order valence-electron chi connectivity index (χ0n) is 18.6. The molecular formula is C26H32BN. The van der Waals surface area contributed by atoms with Crippen molar-refractivity contribution >= 4 is 23.5 Å². The van der Waals surface area contributed by atoms with Crippen LogP contribution in [-0.2, 0) is 0 Å². The second-order valence-electron chi connectivity index (χ2n) is 8.47. The second-order valence-corrected chi connectivity index (χ2v) is 8.47. The summed E-state index contributed by atoms with van der Waals surface area (Å²) in [6, 6.07) is 15.7. The standard InChI is InChI=1S/C26H32BN/c1-16-12-20(5)24(21(6)13-16)27(25-22(7)14-17(2)15-23(25)8)28-26-18(3)10-9-11-19(26)4/h9-15,28H,1-8H3. The second kappa shape index (κ2) is 7.87. The molecule has 0 aliphatic carbocycles. The van der Waals surface area contributed by atoms with E-state index in [4.69, 9.17) is 0 Å². The topological polar surface area (TPSA) is 12.0 Å². The van der Waals surface area contributed by atoms with Crippen molar-refractivity contribution in [2.75, 3.05) is 5.23 Å². The van der Waals surface area contributed by atoms with Crippen molar-refractivity contribution in [1.29, 1.82) is 0 Å². The molecule has 3 aromatic carbocycles. The summed E-state index contributed by atoms with van der Waals surface area (Å²) >= 11 is 0. The Labute approximate surface area is 171 Å². The monoisotopic (exact) mass is 369 g/mol. The Kier molecular flexibility index (Phi) is 5.70. The van der Waals surface area contributed by atoms with Gasteiger partial charge in [0.2, 0.25) is 0 Å². The number of hydrogen-bond donors (Lipinski definition) is 1. The molecule has 0 aliphatic heterocycles. The highest BCUT2D eigenvalue weighted by Gasteiger charge is 2.28. The summed E-state index contributed by atoms with van der Waals surface area (Å²) in [5.41, 5.74) is 14.6. The van der Waals surface area contributed by atoms with E-state index < -0.39 is 0 Å². The van der Waals surface area contributed by atoms with Gasteiger partial charge in [0.1, 0.15) is 0 Å². The fourth-order valence-electron chi connectivity index (χ4n) is 4.77. The first-order valence-corrected chi connectivity index (χ1v) is 10.2. The van der Waals surface area contributed by atoms with Crippen LogP contribution in [0.4, 0.5) is 5.69 Å². The van der Waals surface area contributed by atoms with Gasteiger partial charge in [0.15, 0.2) is 0 Å². The summed E-state index contributed by atoms with van der Waals surface area (Å²) < 4.78 is 0. The summed E-state index contributed by atoms with van der Waals surface area (Å²) in [6.45, 7) is 17.8. The van der Waals surface area contributed by atoms with Crippen molar-refractivity contribution in [1.82, 2.24) is 0 Å². The predicted molar refractivity (Wildman–Crippen MR) is 126 cm³/mol. The number of hydrogen-bond acceptors (Lipinski definition) is 1. The lowest BCUT2D eigenvalue weighted by atomic mass is 9.46. The molecule has 0 bridgehead atoms. The van der Waals surface area contributed by atoms with E-state index in [9.17, 15) is 0 Å². The predicted octanol–water partition coefficient (Wildman–Crippen LogP) is 5.37. The maximum atomic E-state index is 3.95. The molecule has 3 aromatic rings. The molecule has 0 unspecified atom stereocenters. The van der Waals surface area contributed by atoms with E-state index in [-0.39, 0.29) is 6.85 Å². The van der Waals surface area contributed by atoms with Crippen LogP contribution in [0.5, 0.6) is 0 Å². The lowest BCUT2D eigenvalue weighted by molar-refractivity contribution is 1.33. The molecule has 0 aromatic heterocycles. The largest absolute Gasteiger partial charge is 0.420 e. The Bertz CT molecular complexity index is 909. The molecule has 1 N–H and O–H groups in total. The van der Waals surface area contributed by atoms with E-state index in [0.29, 0.717) is 0 Å². The zero-order chi connectivity index (χ0) is 20.6. The van der Waals surface area contributed by atoms with Crippen LogP contribution in [-0.4, -0.2) is 6.85 Å². The van der Waals surface area contributed by atoms with Gasteiger partial charge in [0, 0.05) is 5.69 Å². The first-order chi connectivity index (χ1) is 13.2. The summed E-state index contributed by atoms with van der Waals surface area (Å²) in [5.74, 6) is 0. The summed E-state index contributed by atoms with van der Waals surface area (Å²) in [7, 11) is 0. The van der Waals surface area contributed by atoms with E-state index in [1.54, 1.807) is 0 Å². The third kappa shape index (κ3) is 3.87. The molecule has 0 saturated heterocycles. The Morgan fingerprint density at radius 2 is 0.893 bits per heavy atom. The maximum Gasteiger partial charge on any atom is 0.322 e. The van der Waals surface area contributed by atoms with Crippen LogP contribution >= 0.6 is 0 Å². The summed E-state index contributed by atoms with van der Waals surface area (Å²) in [4.78, 5) is 0. The molecule has 0 spiro atoms. The molecule has 0 fully saturated rings. The molecule has 3 rings (SSSR count). The third-order valence-corrected chi connectivity index (χ3v) is 5.82. The minimum absolute atomic E-state index is 0.126. The maximum absolute atomic E-state index is 3.95. The Morgan fingerprint density at radius 3 is 1.25 bits per heavy atom. The van der Waals surface area contributed by atoms with Gasteiger partial charge in [-0.1, -0.05) is 75.8 Å². The fraction of sp³-hybridized carbons (Fsp3) is 0.308. The Balaban J connectivity index is 2.27. The van der Waals surface area contributed by atoms with Gasteiger partial charge in [-0.05, 0) is 77.4 Å². The molecule has 28 heavy (non-hydrogen) atoms. The first kappa shape index (κ1) is 20.3. The molecule has 0 amide bonds. The molecule has 0 heterocycles. The number of rotatable bonds is 4. The number of nitrogens with one attached hydrogen (secondary N) is 1. The van der Waals surface area contributed by atoms with Gasteiger partial charge < -0.3 is 5.23 Å². The van der Waals surface area contributed by atoms with Gasteiger partial charge in [0.25, 0.3) is 0 Å². The number of para-hydroxylation sites is 1. The number of aryl methyl sites for hydroxylation is 8. The smallest absolute Gasteiger partial charge is 0.322 e. The van der Waals surface area contributed by atoms with E-state index >= 15 is 0 Å². The van der Waals surface area contributed by atoms with E-state index in [0.717, 1.165) is 0 Å².